The minimum absolute atomic E-state index is 0.522. The van der Waals surface area contributed by atoms with Crippen LogP contribution in [0.25, 0.3) is 0 Å². The number of hydrogen-bond acceptors (Lipinski definition) is 5. The standard InChI is InChI=1S/C13H15ClN4S/c1-10-3-2-4-11(9-10)17-5-7-18(8-6-17)13-12(14)15-19-16-13/h2-4,9H,5-8H2,1H3. The van der Waals surface area contributed by atoms with Crippen LogP contribution < -0.4 is 9.80 Å². The maximum atomic E-state index is 6.03. The van der Waals surface area contributed by atoms with Gasteiger partial charge in [0.25, 0.3) is 0 Å². The van der Waals surface area contributed by atoms with E-state index in [0.717, 1.165) is 32.0 Å². The lowest BCUT2D eigenvalue weighted by Gasteiger charge is -2.36. The Hall–Kier alpha value is -1.33. The van der Waals surface area contributed by atoms with Crippen LogP contribution in [0, 0.1) is 6.92 Å². The SMILES string of the molecule is Cc1cccc(N2CCN(c3nsnc3Cl)CC2)c1. The zero-order valence-corrected chi connectivity index (χ0v) is 12.3. The molecule has 2 aromatic rings. The maximum absolute atomic E-state index is 6.03. The van der Waals surface area contributed by atoms with Gasteiger partial charge in [-0.05, 0) is 24.6 Å². The Balaban J connectivity index is 1.68. The fourth-order valence-corrected chi connectivity index (χ4v) is 3.14. The molecular weight excluding hydrogens is 280 g/mol. The molecule has 0 N–H and O–H groups in total. The Labute approximate surface area is 121 Å². The van der Waals surface area contributed by atoms with E-state index in [9.17, 15) is 0 Å². The summed E-state index contributed by atoms with van der Waals surface area (Å²) in [6.07, 6.45) is 0. The first-order valence-corrected chi connectivity index (χ1v) is 7.39. The lowest BCUT2D eigenvalue weighted by molar-refractivity contribution is 0.649. The third-order valence-electron chi connectivity index (χ3n) is 3.38. The van der Waals surface area contributed by atoms with Crippen molar-refractivity contribution in [1.29, 1.82) is 0 Å². The molecule has 1 aliphatic rings. The number of piperazine rings is 1. The zero-order chi connectivity index (χ0) is 13.2. The van der Waals surface area contributed by atoms with E-state index in [1.54, 1.807) is 0 Å². The van der Waals surface area contributed by atoms with Crippen LogP contribution >= 0.6 is 23.3 Å². The molecule has 100 valence electrons. The minimum Gasteiger partial charge on any atom is -0.368 e. The molecule has 1 saturated heterocycles. The molecule has 4 nitrogen and oxygen atoms in total. The van der Waals surface area contributed by atoms with Crippen LogP contribution in [0.5, 0.6) is 0 Å². The summed E-state index contributed by atoms with van der Waals surface area (Å²) in [5, 5.41) is 0.522. The highest BCUT2D eigenvalue weighted by Crippen LogP contribution is 2.25. The summed E-state index contributed by atoms with van der Waals surface area (Å²) >= 11 is 7.20. The highest BCUT2D eigenvalue weighted by atomic mass is 35.5. The van der Waals surface area contributed by atoms with Gasteiger partial charge in [-0.2, -0.15) is 8.75 Å². The maximum Gasteiger partial charge on any atom is 0.187 e. The third kappa shape index (κ3) is 2.67. The van der Waals surface area contributed by atoms with E-state index in [-0.39, 0.29) is 0 Å². The molecule has 0 atom stereocenters. The quantitative estimate of drug-likeness (QED) is 0.852. The van der Waals surface area contributed by atoms with Crippen LogP contribution in [0.4, 0.5) is 11.5 Å². The Bertz CT molecular complexity index is 563. The molecule has 1 fully saturated rings. The van der Waals surface area contributed by atoms with E-state index in [1.807, 2.05) is 0 Å². The lowest BCUT2D eigenvalue weighted by atomic mass is 10.2. The second kappa shape index (κ2) is 5.35. The third-order valence-corrected chi connectivity index (χ3v) is 4.25. The monoisotopic (exact) mass is 294 g/mol. The van der Waals surface area contributed by atoms with Gasteiger partial charge in [0.05, 0.1) is 11.7 Å². The van der Waals surface area contributed by atoms with Crippen molar-refractivity contribution < 1.29 is 0 Å². The molecule has 0 spiro atoms. The number of hydrogen-bond donors (Lipinski definition) is 0. The van der Waals surface area contributed by atoms with Crippen molar-refractivity contribution in [3.63, 3.8) is 0 Å². The van der Waals surface area contributed by atoms with E-state index in [1.165, 1.54) is 23.0 Å². The number of aromatic nitrogens is 2. The number of nitrogens with zero attached hydrogens (tertiary/aromatic N) is 4. The fraction of sp³-hybridized carbons (Fsp3) is 0.385. The topological polar surface area (TPSA) is 32.3 Å². The highest BCUT2D eigenvalue weighted by Gasteiger charge is 2.21. The second-order valence-electron chi connectivity index (χ2n) is 4.69. The Kier molecular flexibility index (Phi) is 3.57. The van der Waals surface area contributed by atoms with Crippen molar-refractivity contribution in [3.05, 3.63) is 35.0 Å². The van der Waals surface area contributed by atoms with Crippen molar-refractivity contribution in [2.45, 2.75) is 6.92 Å². The molecule has 1 aromatic carbocycles. The van der Waals surface area contributed by atoms with Gasteiger partial charge in [0.15, 0.2) is 11.0 Å². The number of aryl methyl sites for hydroxylation is 1. The summed E-state index contributed by atoms with van der Waals surface area (Å²) < 4.78 is 8.28. The van der Waals surface area contributed by atoms with Crippen molar-refractivity contribution in [2.75, 3.05) is 36.0 Å². The van der Waals surface area contributed by atoms with Gasteiger partial charge in [-0.1, -0.05) is 23.7 Å². The van der Waals surface area contributed by atoms with Crippen LogP contribution in [0.2, 0.25) is 5.15 Å². The van der Waals surface area contributed by atoms with Gasteiger partial charge < -0.3 is 9.80 Å². The predicted octanol–water partition coefficient (Wildman–Crippen LogP) is 2.83. The Morgan fingerprint density at radius 1 is 1.11 bits per heavy atom. The van der Waals surface area contributed by atoms with Crippen molar-refractivity contribution >= 4 is 34.8 Å². The summed E-state index contributed by atoms with van der Waals surface area (Å²) in [5.41, 5.74) is 2.59. The summed E-state index contributed by atoms with van der Waals surface area (Å²) in [5.74, 6) is 0.829. The van der Waals surface area contributed by atoms with E-state index >= 15 is 0 Å². The first-order valence-electron chi connectivity index (χ1n) is 6.28. The van der Waals surface area contributed by atoms with E-state index < -0.39 is 0 Å². The second-order valence-corrected chi connectivity index (χ2v) is 5.58. The molecule has 3 rings (SSSR count). The number of rotatable bonds is 2. The van der Waals surface area contributed by atoms with Crippen molar-refractivity contribution in [2.24, 2.45) is 0 Å². The first-order chi connectivity index (χ1) is 9.24. The van der Waals surface area contributed by atoms with Gasteiger partial charge in [0.1, 0.15) is 0 Å². The fourth-order valence-electron chi connectivity index (χ4n) is 2.36. The van der Waals surface area contributed by atoms with Crippen LogP contribution in [0.3, 0.4) is 0 Å². The Morgan fingerprint density at radius 2 is 1.84 bits per heavy atom. The number of halogens is 1. The highest BCUT2D eigenvalue weighted by molar-refractivity contribution is 6.99. The molecule has 6 heteroatoms. The van der Waals surface area contributed by atoms with E-state index in [0.29, 0.717) is 5.15 Å². The van der Waals surface area contributed by atoms with Crippen LogP contribution in [-0.2, 0) is 0 Å². The molecule has 2 heterocycles. The van der Waals surface area contributed by atoms with Crippen LogP contribution in [-0.4, -0.2) is 34.9 Å². The van der Waals surface area contributed by atoms with Gasteiger partial charge in [0, 0.05) is 31.9 Å². The molecule has 19 heavy (non-hydrogen) atoms. The minimum atomic E-state index is 0.522. The first kappa shape index (κ1) is 12.7. The summed E-state index contributed by atoms with van der Waals surface area (Å²) in [4.78, 5) is 4.61. The van der Waals surface area contributed by atoms with Gasteiger partial charge in [-0.15, -0.1) is 0 Å². The summed E-state index contributed by atoms with van der Waals surface area (Å²) in [6.45, 7) is 5.95. The van der Waals surface area contributed by atoms with Crippen molar-refractivity contribution in [3.8, 4) is 0 Å². The van der Waals surface area contributed by atoms with Crippen LogP contribution in [0.1, 0.15) is 5.56 Å². The molecule has 0 amide bonds. The molecule has 0 bridgehead atoms. The summed E-state index contributed by atoms with van der Waals surface area (Å²) in [7, 11) is 0. The molecular formula is C13H15ClN4S. The van der Waals surface area contributed by atoms with Gasteiger partial charge in [-0.3, -0.25) is 0 Å². The van der Waals surface area contributed by atoms with Gasteiger partial charge >= 0.3 is 0 Å². The van der Waals surface area contributed by atoms with Gasteiger partial charge in [0.2, 0.25) is 0 Å². The predicted molar refractivity (Wildman–Crippen MR) is 80.5 cm³/mol. The molecule has 1 aromatic heterocycles. The lowest BCUT2D eigenvalue weighted by Crippen LogP contribution is -2.46. The van der Waals surface area contributed by atoms with E-state index in [2.05, 4.69) is 49.7 Å². The summed E-state index contributed by atoms with van der Waals surface area (Å²) in [6, 6.07) is 8.63. The number of benzene rings is 1. The average molecular weight is 295 g/mol. The smallest absolute Gasteiger partial charge is 0.187 e. The Morgan fingerprint density at radius 3 is 2.47 bits per heavy atom. The number of anilines is 2. The zero-order valence-electron chi connectivity index (χ0n) is 10.7. The van der Waals surface area contributed by atoms with E-state index in [4.69, 9.17) is 11.6 Å². The molecule has 0 unspecified atom stereocenters. The molecule has 1 aliphatic heterocycles. The molecule has 0 radical (unpaired) electrons. The normalized spacial score (nSPS) is 15.9. The molecule has 0 saturated carbocycles. The van der Waals surface area contributed by atoms with Crippen molar-refractivity contribution in [1.82, 2.24) is 8.75 Å². The van der Waals surface area contributed by atoms with Crippen LogP contribution in [0.15, 0.2) is 24.3 Å². The van der Waals surface area contributed by atoms with Gasteiger partial charge in [-0.25, -0.2) is 0 Å². The average Bonchev–Trinajstić information content (AvgIpc) is 2.85. The largest absolute Gasteiger partial charge is 0.368 e. The molecule has 0 aliphatic carbocycles.